The Kier molecular flexibility index (Phi) is 2.74. The molecule has 0 saturated heterocycles. The number of hydrogen-bond acceptors (Lipinski definition) is 3. The minimum atomic E-state index is -1.02. The monoisotopic (exact) mass is 258 g/mol. The van der Waals surface area contributed by atoms with E-state index in [1.807, 2.05) is 0 Å². The van der Waals surface area contributed by atoms with Crippen LogP contribution in [0, 0.1) is 0 Å². The molecule has 5 nitrogen and oxygen atoms in total. The fourth-order valence-electron chi connectivity index (χ4n) is 2.66. The average Bonchev–Trinajstić information content (AvgIpc) is 2.89. The molecular weight excluding hydrogens is 244 g/mol. The number of aromatic nitrogens is 2. The first-order chi connectivity index (χ1) is 9.16. The Labute approximate surface area is 109 Å². The lowest BCUT2D eigenvalue weighted by atomic mass is 9.86. The molecule has 0 amide bonds. The molecule has 3 rings (SSSR count). The van der Waals surface area contributed by atoms with Crippen molar-refractivity contribution < 1.29 is 15.0 Å². The number of phenolic OH excluding ortho intramolecular Hbond substituents is 1. The van der Waals surface area contributed by atoms with Gasteiger partial charge in [0.25, 0.3) is 0 Å². The smallest absolute Gasteiger partial charge is 0.353 e. The number of aromatic carboxylic acids is 1. The molecule has 0 unspecified atom stereocenters. The van der Waals surface area contributed by atoms with Gasteiger partial charge in [-0.25, -0.2) is 4.79 Å². The Bertz CT molecular complexity index is 646. The van der Waals surface area contributed by atoms with Gasteiger partial charge in [-0.3, -0.25) is 5.10 Å². The number of aromatic hydroxyl groups is 1. The summed E-state index contributed by atoms with van der Waals surface area (Å²) in [6.07, 6.45) is 3.92. The predicted octanol–water partition coefficient (Wildman–Crippen LogP) is 2.36. The van der Waals surface area contributed by atoms with Gasteiger partial charge in [0.05, 0.1) is 5.69 Å². The van der Waals surface area contributed by atoms with Crippen LogP contribution in [0.3, 0.4) is 0 Å². The molecule has 1 aromatic carbocycles. The van der Waals surface area contributed by atoms with E-state index >= 15 is 0 Å². The number of benzene rings is 1. The number of nitrogens with zero attached hydrogens (tertiary/aromatic N) is 1. The number of rotatable bonds is 2. The lowest BCUT2D eigenvalue weighted by molar-refractivity contribution is 0.0690. The Morgan fingerprint density at radius 3 is 2.63 bits per heavy atom. The van der Waals surface area contributed by atoms with Crippen LogP contribution in [-0.2, 0) is 12.8 Å². The van der Waals surface area contributed by atoms with E-state index in [1.165, 1.54) is 6.07 Å². The molecule has 0 bridgehead atoms. The standard InChI is InChI=1S/C14H14N2O3/c17-13-6-5-9(8-3-1-2-4-10(8)13)11-7-12(14(18)19)16-15-11/h5-7,17H,1-4H2,(H,15,16)(H,18,19). The van der Waals surface area contributed by atoms with Crippen molar-refractivity contribution in [1.82, 2.24) is 10.2 Å². The summed E-state index contributed by atoms with van der Waals surface area (Å²) in [6.45, 7) is 0. The first-order valence-electron chi connectivity index (χ1n) is 6.29. The van der Waals surface area contributed by atoms with Gasteiger partial charge in [0.15, 0.2) is 0 Å². The third-order valence-electron chi connectivity index (χ3n) is 3.59. The van der Waals surface area contributed by atoms with Gasteiger partial charge in [-0.15, -0.1) is 0 Å². The fraction of sp³-hybridized carbons (Fsp3) is 0.286. The van der Waals surface area contributed by atoms with E-state index in [0.29, 0.717) is 11.4 Å². The molecule has 0 saturated carbocycles. The second-order valence-corrected chi connectivity index (χ2v) is 4.77. The van der Waals surface area contributed by atoms with Crippen molar-refractivity contribution in [2.45, 2.75) is 25.7 Å². The van der Waals surface area contributed by atoms with Crippen LogP contribution in [-0.4, -0.2) is 26.4 Å². The minimum Gasteiger partial charge on any atom is -0.508 e. The number of fused-ring (bicyclic) bond motifs is 1. The van der Waals surface area contributed by atoms with E-state index in [0.717, 1.165) is 42.4 Å². The number of carboxylic acids is 1. The highest BCUT2D eigenvalue weighted by Gasteiger charge is 2.19. The molecule has 1 heterocycles. The first-order valence-corrected chi connectivity index (χ1v) is 6.29. The van der Waals surface area contributed by atoms with Crippen molar-refractivity contribution in [3.8, 4) is 17.0 Å². The molecule has 0 radical (unpaired) electrons. The first kappa shape index (κ1) is 11.8. The number of H-pyrrole nitrogens is 1. The topological polar surface area (TPSA) is 86.2 Å². The quantitative estimate of drug-likeness (QED) is 0.771. The molecule has 19 heavy (non-hydrogen) atoms. The van der Waals surface area contributed by atoms with Gasteiger partial charge in [-0.1, -0.05) is 0 Å². The van der Waals surface area contributed by atoms with Crippen LogP contribution in [0.5, 0.6) is 5.75 Å². The molecule has 1 aliphatic rings. The van der Waals surface area contributed by atoms with Gasteiger partial charge in [-0.05, 0) is 55.0 Å². The molecule has 3 N–H and O–H groups in total. The van der Waals surface area contributed by atoms with Crippen LogP contribution in [0.15, 0.2) is 18.2 Å². The maximum atomic E-state index is 10.9. The van der Waals surface area contributed by atoms with Gasteiger partial charge in [0.1, 0.15) is 11.4 Å². The summed E-state index contributed by atoms with van der Waals surface area (Å²) in [5.41, 5.74) is 3.68. The average molecular weight is 258 g/mol. The van der Waals surface area contributed by atoms with Crippen LogP contribution >= 0.6 is 0 Å². The summed E-state index contributed by atoms with van der Waals surface area (Å²) in [7, 11) is 0. The third-order valence-corrected chi connectivity index (χ3v) is 3.59. The minimum absolute atomic E-state index is 0.0765. The van der Waals surface area contributed by atoms with E-state index in [2.05, 4.69) is 10.2 Å². The lowest BCUT2D eigenvalue weighted by Crippen LogP contribution is -2.05. The van der Waals surface area contributed by atoms with Crippen LogP contribution in [0.2, 0.25) is 0 Å². The molecule has 2 aromatic rings. The Balaban J connectivity index is 2.11. The predicted molar refractivity (Wildman–Crippen MR) is 69.3 cm³/mol. The second-order valence-electron chi connectivity index (χ2n) is 4.77. The zero-order chi connectivity index (χ0) is 13.4. The van der Waals surface area contributed by atoms with E-state index in [4.69, 9.17) is 5.11 Å². The fourth-order valence-corrected chi connectivity index (χ4v) is 2.66. The molecule has 0 atom stereocenters. The summed E-state index contributed by atoms with van der Waals surface area (Å²) < 4.78 is 0. The molecule has 98 valence electrons. The van der Waals surface area contributed by atoms with E-state index < -0.39 is 5.97 Å². The van der Waals surface area contributed by atoms with Gasteiger partial charge >= 0.3 is 5.97 Å². The highest BCUT2D eigenvalue weighted by atomic mass is 16.4. The van der Waals surface area contributed by atoms with Crippen molar-refractivity contribution in [1.29, 1.82) is 0 Å². The number of carboxylic acid groups (broad SMARTS) is 1. The van der Waals surface area contributed by atoms with Crippen LogP contribution in [0.4, 0.5) is 0 Å². The van der Waals surface area contributed by atoms with Crippen LogP contribution < -0.4 is 0 Å². The summed E-state index contributed by atoms with van der Waals surface area (Å²) in [6, 6.07) is 5.00. The molecule has 1 aromatic heterocycles. The van der Waals surface area contributed by atoms with Crippen molar-refractivity contribution in [3.63, 3.8) is 0 Å². The summed E-state index contributed by atoms with van der Waals surface area (Å²) in [4.78, 5) is 10.9. The summed E-state index contributed by atoms with van der Waals surface area (Å²) >= 11 is 0. The van der Waals surface area contributed by atoms with Gasteiger partial charge in [-0.2, -0.15) is 5.10 Å². The Hall–Kier alpha value is -2.30. The van der Waals surface area contributed by atoms with Crippen molar-refractivity contribution in [2.24, 2.45) is 0 Å². The highest BCUT2D eigenvalue weighted by molar-refractivity contribution is 5.87. The van der Waals surface area contributed by atoms with E-state index in [9.17, 15) is 9.90 Å². The highest BCUT2D eigenvalue weighted by Crippen LogP contribution is 2.35. The van der Waals surface area contributed by atoms with Gasteiger partial charge < -0.3 is 10.2 Å². The molecule has 0 fully saturated rings. The zero-order valence-electron chi connectivity index (χ0n) is 10.3. The Morgan fingerprint density at radius 1 is 1.21 bits per heavy atom. The maximum Gasteiger partial charge on any atom is 0.353 e. The van der Waals surface area contributed by atoms with Crippen molar-refractivity contribution in [3.05, 3.63) is 35.0 Å². The largest absolute Gasteiger partial charge is 0.508 e. The van der Waals surface area contributed by atoms with E-state index in [-0.39, 0.29) is 5.69 Å². The number of aromatic amines is 1. The molecular formula is C14H14N2O3. The summed E-state index contributed by atoms with van der Waals surface area (Å²) in [5, 5.41) is 25.4. The molecule has 0 aliphatic heterocycles. The molecule has 0 spiro atoms. The molecule has 5 heteroatoms. The number of nitrogens with one attached hydrogen (secondary N) is 1. The van der Waals surface area contributed by atoms with Gasteiger partial charge in [0.2, 0.25) is 0 Å². The van der Waals surface area contributed by atoms with Crippen molar-refractivity contribution >= 4 is 5.97 Å². The normalized spacial score (nSPS) is 14.1. The number of hydrogen-bond donors (Lipinski definition) is 3. The van der Waals surface area contributed by atoms with Crippen LogP contribution in [0.25, 0.3) is 11.3 Å². The van der Waals surface area contributed by atoms with Crippen LogP contribution in [0.1, 0.15) is 34.5 Å². The number of carbonyl (C=O) groups is 1. The Morgan fingerprint density at radius 2 is 1.95 bits per heavy atom. The number of phenols is 1. The third kappa shape index (κ3) is 1.97. The van der Waals surface area contributed by atoms with Crippen molar-refractivity contribution in [2.75, 3.05) is 0 Å². The second kappa shape index (κ2) is 4.42. The SMILES string of the molecule is O=C(O)c1cc(-c2ccc(O)c3c2CCCC3)n[nH]1. The zero-order valence-corrected chi connectivity index (χ0v) is 10.3. The lowest BCUT2D eigenvalue weighted by Gasteiger charge is -2.19. The van der Waals surface area contributed by atoms with E-state index in [1.54, 1.807) is 12.1 Å². The molecule has 1 aliphatic carbocycles. The summed E-state index contributed by atoms with van der Waals surface area (Å²) in [5.74, 6) is -0.696. The maximum absolute atomic E-state index is 10.9. The van der Waals surface area contributed by atoms with Gasteiger partial charge in [0, 0.05) is 5.56 Å².